The van der Waals surface area contributed by atoms with Gasteiger partial charge >= 0.3 is 0 Å². The van der Waals surface area contributed by atoms with Gasteiger partial charge in [0, 0.05) is 13.1 Å². The largest absolute Gasteiger partial charge is 0.330 e. The van der Waals surface area contributed by atoms with Gasteiger partial charge in [-0.05, 0) is 37.3 Å². The number of nitrogens with zero attached hydrogens (tertiary/aromatic N) is 4. The van der Waals surface area contributed by atoms with Crippen molar-refractivity contribution in [1.82, 2.24) is 19.7 Å². The van der Waals surface area contributed by atoms with Gasteiger partial charge in [-0.25, -0.2) is 0 Å². The molecule has 114 valence electrons. The van der Waals surface area contributed by atoms with Gasteiger partial charge in [-0.2, -0.15) is 0 Å². The summed E-state index contributed by atoms with van der Waals surface area (Å²) in [6, 6.07) is 8.38. The molecule has 0 saturated carbocycles. The van der Waals surface area contributed by atoms with Crippen molar-refractivity contribution < 1.29 is 4.79 Å². The second-order valence-electron chi connectivity index (χ2n) is 6.23. The van der Waals surface area contributed by atoms with E-state index < -0.39 is 0 Å². The molecule has 0 N–H and O–H groups in total. The molecule has 1 aliphatic heterocycles. The van der Waals surface area contributed by atoms with Crippen LogP contribution in [0.1, 0.15) is 48.7 Å². The summed E-state index contributed by atoms with van der Waals surface area (Å²) in [5.41, 5.74) is 2.55. The molecule has 0 fully saturated rings. The van der Waals surface area contributed by atoms with Crippen LogP contribution in [0.4, 0.5) is 0 Å². The smallest absolute Gasteiger partial charge is 0.230 e. The van der Waals surface area contributed by atoms with Crippen molar-refractivity contribution in [1.29, 1.82) is 0 Å². The zero-order valence-corrected chi connectivity index (χ0v) is 12.8. The maximum Gasteiger partial charge on any atom is 0.230 e. The van der Waals surface area contributed by atoms with Gasteiger partial charge in [0.2, 0.25) is 5.91 Å². The lowest BCUT2D eigenvalue weighted by Gasteiger charge is -2.37. The summed E-state index contributed by atoms with van der Waals surface area (Å²) in [6.07, 6.45) is 4.88. The fourth-order valence-corrected chi connectivity index (χ4v) is 3.82. The number of hydrogen-bond donors (Lipinski definition) is 0. The highest BCUT2D eigenvalue weighted by Crippen LogP contribution is 2.35. The molecular formula is C17H20N4O. The molecule has 1 aromatic heterocycles. The molecular weight excluding hydrogens is 276 g/mol. The molecule has 1 aliphatic carbocycles. The fraction of sp³-hybridized carbons (Fsp3) is 0.471. The van der Waals surface area contributed by atoms with Crippen molar-refractivity contribution in [2.45, 2.75) is 44.7 Å². The van der Waals surface area contributed by atoms with Gasteiger partial charge in [0.15, 0.2) is 5.82 Å². The highest BCUT2D eigenvalue weighted by molar-refractivity contribution is 5.85. The number of rotatable bonds is 1. The van der Waals surface area contributed by atoms with Crippen molar-refractivity contribution in [3.05, 3.63) is 47.5 Å². The van der Waals surface area contributed by atoms with Crippen LogP contribution in [0.5, 0.6) is 0 Å². The van der Waals surface area contributed by atoms with E-state index in [4.69, 9.17) is 0 Å². The Bertz CT molecular complexity index is 708. The van der Waals surface area contributed by atoms with Gasteiger partial charge in [-0.3, -0.25) is 4.79 Å². The number of carbonyl (C=O) groups excluding carboxylic acids is 1. The lowest BCUT2D eigenvalue weighted by molar-refractivity contribution is -0.136. The molecule has 22 heavy (non-hydrogen) atoms. The first-order valence-electron chi connectivity index (χ1n) is 8.01. The normalized spacial score (nSPS) is 23.8. The van der Waals surface area contributed by atoms with Crippen LogP contribution in [0.15, 0.2) is 30.6 Å². The zero-order chi connectivity index (χ0) is 15.1. The standard InChI is InChI=1S/C17H20N4O/c1-12-16-19-18-11-20(16)9-10-21(12)17(22)15-8-4-6-13-5-2-3-7-14(13)15/h2-3,5,7,11-12,15H,4,6,8-10H2,1H3. The van der Waals surface area contributed by atoms with Gasteiger partial charge in [0.05, 0.1) is 12.0 Å². The zero-order valence-electron chi connectivity index (χ0n) is 12.8. The third-order valence-corrected chi connectivity index (χ3v) is 5.02. The minimum absolute atomic E-state index is 0.00173. The summed E-state index contributed by atoms with van der Waals surface area (Å²) in [4.78, 5) is 15.1. The van der Waals surface area contributed by atoms with Crippen molar-refractivity contribution >= 4 is 5.91 Å². The average molecular weight is 296 g/mol. The molecule has 2 aliphatic rings. The monoisotopic (exact) mass is 296 g/mol. The third-order valence-electron chi connectivity index (χ3n) is 5.02. The van der Waals surface area contributed by atoms with E-state index in [2.05, 4.69) is 28.4 Å². The van der Waals surface area contributed by atoms with E-state index in [-0.39, 0.29) is 17.9 Å². The fourth-order valence-electron chi connectivity index (χ4n) is 3.82. The summed E-state index contributed by atoms with van der Waals surface area (Å²) in [6.45, 7) is 3.57. The van der Waals surface area contributed by atoms with E-state index >= 15 is 0 Å². The second-order valence-corrected chi connectivity index (χ2v) is 6.23. The van der Waals surface area contributed by atoms with Gasteiger partial charge in [0.25, 0.3) is 0 Å². The number of aromatic nitrogens is 3. The number of aryl methyl sites for hydroxylation is 1. The first-order chi connectivity index (χ1) is 10.8. The van der Waals surface area contributed by atoms with Gasteiger partial charge in [-0.1, -0.05) is 24.3 Å². The quantitative estimate of drug-likeness (QED) is 0.811. The van der Waals surface area contributed by atoms with Crippen molar-refractivity contribution in [2.75, 3.05) is 6.54 Å². The predicted octanol–water partition coefficient (Wildman–Crippen LogP) is 2.30. The molecule has 2 unspecified atom stereocenters. The molecule has 1 amide bonds. The van der Waals surface area contributed by atoms with Gasteiger partial charge in [-0.15, -0.1) is 10.2 Å². The highest BCUT2D eigenvalue weighted by atomic mass is 16.2. The van der Waals surface area contributed by atoms with E-state index in [1.165, 1.54) is 11.1 Å². The summed E-state index contributed by atoms with van der Waals surface area (Å²) < 4.78 is 2.04. The van der Waals surface area contributed by atoms with E-state index in [0.717, 1.165) is 38.2 Å². The van der Waals surface area contributed by atoms with Crippen LogP contribution in [0, 0.1) is 0 Å². The summed E-state index contributed by atoms with van der Waals surface area (Å²) in [5.74, 6) is 1.14. The lowest BCUT2D eigenvalue weighted by Crippen LogP contribution is -2.43. The Hall–Kier alpha value is -2.17. The van der Waals surface area contributed by atoms with Crippen molar-refractivity contribution in [3.63, 3.8) is 0 Å². The molecule has 2 aromatic rings. The van der Waals surface area contributed by atoms with E-state index in [9.17, 15) is 4.79 Å². The van der Waals surface area contributed by atoms with Crippen LogP contribution in [0.25, 0.3) is 0 Å². The van der Waals surface area contributed by atoms with E-state index in [0.29, 0.717) is 0 Å². The van der Waals surface area contributed by atoms with Crippen LogP contribution < -0.4 is 0 Å². The second kappa shape index (κ2) is 5.23. The highest BCUT2D eigenvalue weighted by Gasteiger charge is 2.35. The predicted molar refractivity (Wildman–Crippen MR) is 82.3 cm³/mol. The molecule has 0 bridgehead atoms. The van der Waals surface area contributed by atoms with Crippen molar-refractivity contribution in [2.24, 2.45) is 0 Å². The molecule has 4 rings (SSSR count). The summed E-state index contributed by atoms with van der Waals surface area (Å²) in [5, 5.41) is 8.15. The van der Waals surface area contributed by atoms with Crippen LogP contribution in [-0.2, 0) is 17.8 Å². The minimum atomic E-state index is -0.00200. The van der Waals surface area contributed by atoms with Crippen LogP contribution in [0.2, 0.25) is 0 Å². The molecule has 0 saturated heterocycles. The number of carbonyl (C=O) groups is 1. The number of benzene rings is 1. The molecule has 2 atom stereocenters. The average Bonchev–Trinajstić information content (AvgIpc) is 3.04. The van der Waals surface area contributed by atoms with Gasteiger partial charge < -0.3 is 9.47 Å². The number of amides is 1. The Morgan fingerprint density at radius 3 is 3.05 bits per heavy atom. The Morgan fingerprint density at radius 2 is 2.14 bits per heavy atom. The van der Waals surface area contributed by atoms with Gasteiger partial charge in [0.1, 0.15) is 6.33 Å². The number of fused-ring (bicyclic) bond motifs is 2. The minimum Gasteiger partial charge on any atom is -0.330 e. The van der Waals surface area contributed by atoms with E-state index in [1.54, 1.807) is 6.33 Å². The summed E-state index contributed by atoms with van der Waals surface area (Å²) in [7, 11) is 0. The third kappa shape index (κ3) is 2.03. The lowest BCUT2D eigenvalue weighted by atomic mass is 9.82. The topological polar surface area (TPSA) is 51.0 Å². The van der Waals surface area contributed by atoms with Crippen molar-refractivity contribution in [3.8, 4) is 0 Å². The maximum atomic E-state index is 13.1. The summed E-state index contributed by atoms with van der Waals surface area (Å²) >= 11 is 0. The molecule has 0 radical (unpaired) electrons. The van der Waals surface area contributed by atoms with Crippen LogP contribution in [-0.4, -0.2) is 32.1 Å². The first kappa shape index (κ1) is 13.5. The Balaban J connectivity index is 1.64. The van der Waals surface area contributed by atoms with Crippen LogP contribution >= 0.6 is 0 Å². The number of hydrogen-bond acceptors (Lipinski definition) is 3. The molecule has 5 nitrogen and oxygen atoms in total. The Kier molecular flexibility index (Phi) is 3.21. The Morgan fingerprint density at radius 1 is 1.27 bits per heavy atom. The van der Waals surface area contributed by atoms with Crippen LogP contribution in [0.3, 0.4) is 0 Å². The Labute approximate surface area is 130 Å². The molecule has 2 heterocycles. The molecule has 1 aromatic carbocycles. The first-order valence-corrected chi connectivity index (χ1v) is 8.01. The SMILES string of the molecule is CC1c2nncn2CCN1C(=O)C1CCCc2ccccc21. The molecule has 0 spiro atoms. The van der Waals surface area contributed by atoms with E-state index in [1.807, 2.05) is 22.5 Å². The molecule has 5 heteroatoms. The maximum absolute atomic E-state index is 13.1.